The molecule has 0 saturated heterocycles. The van der Waals surface area contributed by atoms with Crippen molar-refractivity contribution in [2.45, 2.75) is 0 Å². The van der Waals surface area contributed by atoms with E-state index < -0.39 is 0 Å². The number of nitrogens with one attached hydrogen (secondary N) is 1. The van der Waals surface area contributed by atoms with Crippen molar-refractivity contribution >= 4 is 16.7 Å². The van der Waals surface area contributed by atoms with Crippen molar-refractivity contribution in [1.29, 1.82) is 0 Å². The van der Waals surface area contributed by atoms with Gasteiger partial charge in [0.25, 0.3) is 5.91 Å². The van der Waals surface area contributed by atoms with Gasteiger partial charge in [-0.15, -0.1) is 0 Å². The molecule has 0 fully saturated rings. The molecule has 0 unspecified atom stereocenters. The molecule has 0 heterocycles. The van der Waals surface area contributed by atoms with Crippen LogP contribution in [0.25, 0.3) is 10.8 Å². The largest absolute Gasteiger partial charge is 0.497 e. The zero-order chi connectivity index (χ0) is 18.2. The third kappa shape index (κ3) is 4.66. The molecular formula is C21H21NO4. The maximum atomic E-state index is 11.8. The van der Waals surface area contributed by atoms with E-state index in [9.17, 15) is 4.79 Å². The first-order valence-electron chi connectivity index (χ1n) is 8.40. The molecule has 1 amide bonds. The number of fused-ring (bicyclic) bond motifs is 1. The van der Waals surface area contributed by atoms with E-state index >= 15 is 0 Å². The summed E-state index contributed by atoms with van der Waals surface area (Å²) in [6, 6.07) is 21.0. The summed E-state index contributed by atoms with van der Waals surface area (Å²) in [6.45, 7) is 0.761. The Morgan fingerprint density at radius 3 is 2.42 bits per heavy atom. The smallest absolute Gasteiger partial charge is 0.258 e. The van der Waals surface area contributed by atoms with Gasteiger partial charge in [0.1, 0.15) is 23.9 Å². The number of carbonyl (C=O) groups excluding carboxylic acids is 1. The fourth-order valence-corrected chi connectivity index (χ4v) is 2.54. The number of amides is 1. The maximum absolute atomic E-state index is 11.8. The van der Waals surface area contributed by atoms with Crippen LogP contribution in [0.4, 0.5) is 0 Å². The molecule has 26 heavy (non-hydrogen) atoms. The summed E-state index contributed by atoms with van der Waals surface area (Å²) in [4.78, 5) is 11.8. The highest BCUT2D eigenvalue weighted by Crippen LogP contribution is 2.24. The van der Waals surface area contributed by atoms with E-state index in [0.717, 1.165) is 22.3 Å². The second-order valence-electron chi connectivity index (χ2n) is 5.64. The number of hydrogen-bond acceptors (Lipinski definition) is 4. The van der Waals surface area contributed by atoms with Crippen LogP contribution in [0.3, 0.4) is 0 Å². The van der Waals surface area contributed by atoms with Gasteiger partial charge in [0.2, 0.25) is 0 Å². The Kier molecular flexibility index (Phi) is 5.93. The first kappa shape index (κ1) is 17.6. The summed E-state index contributed by atoms with van der Waals surface area (Å²) < 4.78 is 16.3. The minimum absolute atomic E-state index is 0.0411. The highest BCUT2D eigenvalue weighted by atomic mass is 16.5. The average Bonchev–Trinajstić information content (AvgIpc) is 2.70. The maximum Gasteiger partial charge on any atom is 0.258 e. The number of benzene rings is 3. The van der Waals surface area contributed by atoms with Gasteiger partial charge in [0.05, 0.1) is 13.7 Å². The van der Waals surface area contributed by atoms with E-state index in [-0.39, 0.29) is 12.5 Å². The van der Waals surface area contributed by atoms with Crippen LogP contribution in [-0.4, -0.2) is 32.8 Å². The molecule has 0 aliphatic rings. The topological polar surface area (TPSA) is 56.8 Å². The van der Waals surface area contributed by atoms with Gasteiger partial charge in [0, 0.05) is 5.39 Å². The average molecular weight is 351 g/mol. The summed E-state index contributed by atoms with van der Waals surface area (Å²) in [6.07, 6.45) is 0. The molecule has 1 N–H and O–H groups in total. The van der Waals surface area contributed by atoms with Crippen LogP contribution in [0.15, 0.2) is 66.7 Å². The molecule has 0 aliphatic heterocycles. The summed E-state index contributed by atoms with van der Waals surface area (Å²) in [5, 5.41) is 4.97. The van der Waals surface area contributed by atoms with E-state index in [1.807, 2.05) is 42.5 Å². The summed E-state index contributed by atoms with van der Waals surface area (Å²) in [5.41, 5.74) is 0. The minimum atomic E-state index is -0.192. The first-order valence-corrected chi connectivity index (χ1v) is 8.40. The molecule has 0 spiro atoms. The Bertz CT molecular complexity index is 856. The van der Waals surface area contributed by atoms with Crippen molar-refractivity contribution in [3.63, 3.8) is 0 Å². The first-order chi connectivity index (χ1) is 12.8. The Morgan fingerprint density at radius 1 is 0.885 bits per heavy atom. The fraction of sp³-hybridized carbons (Fsp3) is 0.190. The molecule has 0 aliphatic carbocycles. The van der Waals surface area contributed by atoms with Gasteiger partial charge in [0.15, 0.2) is 6.61 Å². The van der Waals surface area contributed by atoms with Crippen molar-refractivity contribution in [2.75, 3.05) is 26.9 Å². The van der Waals surface area contributed by atoms with Crippen molar-refractivity contribution in [3.05, 3.63) is 66.7 Å². The van der Waals surface area contributed by atoms with E-state index in [2.05, 4.69) is 5.32 Å². The molecule has 5 heteroatoms. The standard InChI is InChI=1S/C21H21NO4/c1-24-17-9-11-18(12-10-17)26-15-21(23)22-13-14-25-20-8-4-6-16-5-2-3-7-19(16)20/h2-12H,13-15H2,1H3,(H,22,23). The molecule has 0 saturated carbocycles. The summed E-state index contributed by atoms with van der Waals surface area (Å²) in [7, 11) is 1.60. The highest BCUT2D eigenvalue weighted by Gasteiger charge is 2.04. The predicted octanol–water partition coefficient (Wildman–Crippen LogP) is 3.42. The zero-order valence-corrected chi connectivity index (χ0v) is 14.6. The van der Waals surface area contributed by atoms with E-state index in [4.69, 9.17) is 14.2 Å². The number of methoxy groups -OCH3 is 1. The lowest BCUT2D eigenvalue weighted by Gasteiger charge is -2.11. The monoisotopic (exact) mass is 351 g/mol. The van der Waals surface area contributed by atoms with Crippen molar-refractivity contribution in [1.82, 2.24) is 5.32 Å². The third-order valence-corrected chi connectivity index (χ3v) is 3.86. The lowest BCUT2D eigenvalue weighted by atomic mass is 10.1. The predicted molar refractivity (Wildman–Crippen MR) is 101 cm³/mol. The molecule has 5 nitrogen and oxygen atoms in total. The normalized spacial score (nSPS) is 10.3. The van der Waals surface area contributed by atoms with Gasteiger partial charge in [-0.25, -0.2) is 0 Å². The van der Waals surface area contributed by atoms with E-state index in [0.29, 0.717) is 18.9 Å². The molecule has 134 valence electrons. The van der Waals surface area contributed by atoms with Gasteiger partial charge >= 0.3 is 0 Å². The molecule has 3 aromatic carbocycles. The summed E-state index contributed by atoms with van der Waals surface area (Å²) in [5.74, 6) is 1.98. The molecular weight excluding hydrogens is 330 g/mol. The highest BCUT2D eigenvalue weighted by molar-refractivity contribution is 5.88. The van der Waals surface area contributed by atoms with Gasteiger partial charge in [-0.2, -0.15) is 0 Å². The molecule has 0 radical (unpaired) electrons. The number of ether oxygens (including phenoxy) is 3. The van der Waals surface area contributed by atoms with E-state index in [1.54, 1.807) is 31.4 Å². The fourth-order valence-electron chi connectivity index (χ4n) is 2.54. The number of carbonyl (C=O) groups is 1. The van der Waals surface area contributed by atoms with Crippen LogP contribution in [0, 0.1) is 0 Å². The second-order valence-corrected chi connectivity index (χ2v) is 5.64. The van der Waals surface area contributed by atoms with Gasteiger partial charge < -0.3 is 19.5 Å². The van der Waals surface area contributed by atoms with Gasteiger partial charge in [-0.1, -0.05) is 36.4 Å². The van der Waals surface area contributed by atoms with Crippen LogP contribution in [0.1, 0.15) is 0 Å². The Hall–Kier alpha value is -3.21. The molecule has 0 aromatic heterocycles. The van der Waals surface area contributed by atoms with Crippen LogP contribution in [0.5, 0.6) is 17.2 Å². The third-order valence-electron chi connectivity index (χ3n) is 3.86. The van der Waals surface area contributed by atoms with Crippen molar-refractivity contribution in [2.24, 2.45) is 0 Å². The number of rotatable bonds is 8. The van der Waals surface area contributed by atoms with Crippen molar-refractivity contribution in [3.8, 4) is 17.2 Å². The van der Waals surface area contributed by atoms with Crippen LogP contribution in [0.2, 0.25) is 0 Å². The molecule has 0 bridgehead atoms. The van der Waals surface area contributed by atoms with Crippen LogP contribution >= 0.6 is 0 Å². The van der Waals surface area contributed by atoms with Gasteiger partial charge in [-0.3, -0.25) is 4.79 Å². The Morgan fingerprint density at radius 2 is 1.62 bits per heavy atom. The van der Waals surface area contributed by atoms with Crippen molar-refractivity contribution < 1.29 is 19.0 Å². The summed E-state index contributed by atoms with van der Waals surface area (Å²) >= 11 is 0. The molecule has 3 rings (SSSR count). The number of hydrogen-bond donors (Lipinski definition) is 1. The Labute approximate surface area is 152 Å². The lowest BCUT2D eigenvalue weighted by Crippen LogP contribution is -2.32. The van der Waals surface area contributed by atoms with Gasteiger partial charge in [-0.05, 0) is 35.7 Å². The van der Waals surface area contributed by atoms with E-state index in [1.165, 1.54) is 0 Å². The molecule has 3 aromatic rings. The lowest BCUT2D eigenvalue weighted by molar-refractivity contribution is -0.123. The van der Waals surface area contributed by atoms with Crippen LogP contribution in [-0.2, 0) is 4.79 Å². The quantitative estimate of drug-likeness (QED) is 0.632. The minimum Gasteiger partial charge on any atom is -0.497 e. The second kappa shape index (κ2) is 8.76. The SMILES string of the molecule is COc1ccc(OCC(=O)NCCOc2cccc3ccccc23)cc1. The van der Waals surface area contributed by atoms with Crippen LogP contribution < -0.4 is 19.5 Å². The Balaban J connectivity index is 1.40. The molecule has 0 atom stereocenters. The zero-order valence-electron chi connectivity index (χ0n) is 14.6.